The van der Waals surface area contributed by atoms with E-state index < -0.39 is 0 Å². The maximum atomic E-state index is 3.52. The number of hydrogen-bond donors (Lipinski definition) is 1. The van der Waals surface area contributed by atoms with Crippen molar-refractivity contribution in [2.75, 3.05) is 0 Å². The van der Waals surface area contributed by atoms with Crippen LogP contribution in [0.25, 0.3) is 0 Å². The zero-order chi connectivity index (χ0) is 10.3. The molecule has 0 aromatic heterocycles. The van der Waals surface area contributed by atoms with Gasteiger partial charge >= 0.3 is 0 Å². The Morgan fingerprint density at radius 2 is 1.77 bits per heavy atom. The molecule has 0 heterocycles. The van der Waals surface area contributed by atoms with Crippen LogP contribution in [-0.2, 0) is 0 Å². The van der Waals surface area contributed by atoms with Crippen molar-refractivity contribution in [3.8, 4) is 11.8 Å². The Hall–Kier alpha value is -0.480. The van der Waals surface area contributed by atoms with Crippen LogP contribution in [0.15, 0.2) is 0 Å². The molecule has 0 aliphatic rings. The lowest BCUT2D eigenvalue weighted by Crippen LogP contribution is -2.36. The second kappa shape index (κ2) is 6.97. The first-order chi connectivity index (χ1) is 6.07. The second-order valence-corrected chi connectivity index (χ2v) is 4.05. The molecule has 0 saturated carbocycles. The molecule has 0 bridgehead atoms. The van der Waals surface area contributed by atoms with Crippen LogP contribution in [0.4, 0.5) is 0 Å². The third kappa shape index (κ3) is 6.66. The van der Waals surface area contributed by atoms with E-state index in [1.807, 2.05) is 6.92 Å². The third-order valence-corrected chi connectivity index (χ3v) is 2.35. The molecule has 0 spiro atoms. The standard InChI is InChI=1S/C12H23N/c1-6-7-8-9-11(4)12(5)13-10(2)3/h10-13H,8-9H2,1-5H3. The van der Waals surface area contributed by atoms with Crippen molar-refractivity contribution in [1.82, 2.24) is 5.32 Å². The lowest BCUT2D eigenvalue weighted by atomic mass is 9.97. The van der Waals surface area contributed by atoms with Gasteiger partial charge in [-0.15, -0.1) is 11.8 Å². The van der Waals surface area contributed by atoms with Gasteiger partial charge in [0.05, 0.1) is 0 Å². The highest BCUT2D eigenvalue weighted by Gasteiger charge is 2.11. The van der Waals surface area contributed by atoms with E-state index in [9.17, 15) is 0 Å². The van der Waals surface area contributed by atoms with Gasteiger partial charge in [0.25, 0.3) is 0 Å². The fourth-order valence-electron chi connectivity index (χ4n) is 1.36. The molecule has 1 N–H and O–H groups in total. The Kier molecular flexibility index (Phi) is 6.72. The molecule has 0 aromatic rings. The predicted molar refractivity (Wildman–Crippen MR) is 59.6 cm³/mol. The van der Waals surface area contributed by atoms with Crippen molar-refractivity contribution in [3.63, 3.8) is 0 Å². The first-order valence-electron chi connectivity index (χ1n) is 5.23. The number of nitrogens with one attached hydrogen (secondary N) is 1. The van der Waals surface area contributed by atoms with Crippen LogP contribution in [0.3, 0.4) is 0 Å². The largest absolute Gasteiger partial charge is 0.312 e. The maximum Gasteiger partial charge on any atom is 0.00916 e. The summed E-state index contributed by atoms with van der Waals surface area (Å²) in [6.07, 6.45) is 2.23. The van der Waals surface area contributed by atoms with E-state index in [0.717, 1.165) is 6.42 Å². The monoisotopic (exact) mass is 181 g/mol. The molecule has 0 aliphatic carbocycles. The van der Waals surface area contributed by atoms with Crippen molar-refractivity contribution in [3.05, 3.63) is 0 Å². The van der Waals surface area contributed by atoms with Gasteiger partial charge in [0, 0.05) is 18.5 Å². The molecule has 0 aromatic carbocycles. The molecule has 0 fully saturated rings. The van der Waals surface area contributed by atoms with E-state index in [4.69, 9.17) is 0 Å². The molecule has 0 amide bonds. The normalized spacial score (nSPS) is 14.9. The van der Waals surface area contributed by atoms with Gasteiger partial charge in [0.1, 0.15) is 0 Å². The van der Waals surface area contributed by atoms with E-state index in [-0.39, 0.29) is 0 Å². The Morgan fingerprint density at radius 1 is 1.15 bits per heavy atom. The fourth-order valence-corrected chi connectivity index (χ4v) is 1.36. The molecule has 76 valence electrons. The predicted octanol–water partition coefficient (Wildman–Crippen LogP) is 2.81. The maximum absolute atomic E-state index is 3.52. The molecule has 0 aliphatic heterocycles. The van der Waals surface area contributed by atoms with Gasteiger partial charge in [-0.25, -0.2) is 0 Å². The van der Waals surface area contributed by atoms with Crippen LogP contribution in [0.2, 0.25) is 0 Å². The van der Waals surface area contributed by atoms with Gasteiger partial charge in [0.2, 0.25) is 0 Å². The Labute approximate surface area is 83.3 Å². The molecule has 0 radical (unpaired) electrons. The van der Waals surface area contributed by atoms with E-state index in [0.29, 0.717) is 18.0 Å². The van der Waals surface area contributed by atoms with Crippen molar-refractivity contribution in [2.24, 2.45) is 5.92 Å². The van der Waals surface area contributed by atoms with Gasteiger partial charge in [-0.2, -0.15) is 0 Å². The number of hydrogen-bond acceptors (Lipinski definition) is 1. The lowest BCUT2D eigenvalue weighted by Gasteiger charge is -2.22. The summed E-state index contributed by atoms with van der Waals surface area (Å²) in [7, 11) is 0. The summed E-state index contributed by atoms with van der Waals surface area (Å²) in [5.74, 6) is 6.75. The summed E-state index contributed by atoms with van der Waals surface area (Å²) in [6.45, 7) is 10.8. The van der Waals surface area contributed by atoms with E-state index >= 15 is 0 Å². The summed E-state index contributed by atoms with van der Waals surface area (Å²) in [6, 6.07) is 1.17. The summed E-state index contributed by atoms with van der Waals surface area (Å²) >= 11 is 0. The molecule has 13 heavy (non-hydrogen) atoms. The molecule has 1 nitrogen and oxygen atoms in total. The summed E-state index contributed by atoms with van der Waals surface area (Å²) in [5, 5.41) is 3.52. The first kappa shape index (κ1) is 12.5. The Balaban J connectivity index is 3.66. The fraction of sp³-hybridized carbons (Fsp3) is 0.833. The molecular formula is C12H23N. The highest BCUT2D eigenvalue weighted by molar-refractivity contribution is 4.95. The van der Waals surface area contributed by atoms with Crippen molar-refractivity contribution < 1.29 is 0 Å². The van der Waals surface area contributed by atoms with E-state index in [1.165, 1.54) is 6.42 Å². The van der Waals surface area contributed by atoms with Crippen molar-refractivity contribution in [1.29, 1.82) is 0 Å². The third-order valence-electron chi connectivity index (χ3n) is 2.35. The van der Waals surface area contributed by atoms with Gasteiger partial charge in [-0.3, -0.25) is 0 Å². The van der Waals surface area contributed by atoms with Crippen LogP contribution >= 0.6 is 0 Å². The molecular weight excluding hydrogens is 158 g/mol. The summed E-state index contributed by atoms with van der Waals surface area (Å²) in [4.78, 5) is 0. The van der Waals surface area contributed by atoms with E-state index in [2.05, 4.69) is 44.9 Å². The van der Waals surface area contributed by atoms with Crippen LogP contribution in [0.1, 0.15) is 47.5 Å². The highest BCUT2D eigenvalue weighted by atomic mass is 14.9. The summed E-state index contributed by atoms with van der Waals surface area (Å²) < 4.78 is 0. The SMILES string of the molecule is CC#CCCC(C)C(C)NC(C)C. The smallest absolute Gasteiger partial charge is 0.00916 e. The minimum absolute atomic E-state index is 0.578. The van der Waals surface area contributed by atoms with Gasteiger partial charge in [0.15, 0.2) is 0 Å². The zero-order valence-corrected chi connectivity index (χ0v) is 9.65. The molecule has 2 unspecified atom stereocenters. The zero-order valence-electron chi connectivity index (χ0n) is 9.65. The molecule has 0 saturated heterocycles. The van der Waals surface area contributed by atoms with Gasteiger partial charge in [-0.1, -0.05) is 20.8 Å². The molecule has 1 heteroatoms. The number of rotatable bonds is 5. The Bertz CT molecular complexity index is 173. The van der Waals surface area contributed by atoms with Gasteiger partial charge in [-0.05, 0) is 26.2 Å². The summed E-state index contributed by atoms with van der Waals surface area (Å²) in [5.41, 5.74) is 0. The quantitative estimate of drug-likeness (QED) is 0.643. The first-order valence-corrected chi connectivity index (χ1v) is 5.23. The van der Waals surface area contributed by atoms with Gasteiger partial charge < -0.3 is 5.32 Å². The molecule has 0 rings (SSSR count). The topological polar surface area (TPSA) is 12.0 Å². The van der Waals surface area contributed by atoms with Crippen LogP contribution in [-0.4, -0.2) is 12.1 Å². The lowest BCUT2D eigenvalue weighted by molar-refractivity contribution is 0.359. The minimum Gasteiger partial charge on any atom is -0.312 e. The van der Waals surface area contributed by atoms with Crippen LogP contribution < -0.4 is 5.32 Å². The van der Waals surface area contributed by atoms with Crippen LogP contribution in [0.5, 0.6) is 0 Å². The minimum atomic E-state index is 0.578. The highest BCUT2D eigenvalue weighted by Crippen LogP contribution is 2.10. The van der Waals surface area contributed by atoms with Crippen molar-refractivity contribution >= 4 is 0 Å². The van der Waals surface area contributed by atoms with Crippen molar-refractivity contribution in [2.45, 2.75) is 59.5 Å². The average molecular weight is 181 g/mol. The van der Waals surface area contributed by atoms with E-state index in [1.54, 1.807) is 0 Å². The average Bonchev–Trinajstić information content (AvgIpc) is 2.03. The molecule has 2 atom stereocenters. The van der Waals surface area contributed by atoms with Crippen LogP contribution in [0, 0.1) is 17.8 Å². The second-order valence-electron chi connectivity index (χ2n) is 4.05. The Morgan fingerprint density at radius 3 is 2.23 bits per heavy atom.